The number of halogens is 3. The second-order valence-corrected chi connectivity index (χ2v) is 3.85. The lowest BCUT2D eigenvalue weighted by molar-refractivity contribution is -0.326. The van der Waals surface area contributed by atoms with Crippen LogP contribution in [0.15, 0.2) is 24.3 Å². The average Bonchev–Trinajstić information content (AvgIpc) is 2.32. The van der Waals surface area contributed by atoms with E-state index in [-0.39, 0.29) is 0 Å². The number of benzene rings is 1. The second kappa shape index (κ2) is 6.42. The van der Waals surface area contributed by atoms with E-state index in [9.17, 15) is 18.0 Å². The first-order valence-corrected chi connectivity index (χ1v) is 5.52. The molecule has 0 saturated heterocycles. The Morgan fingerprint density at radius 3 is 2.63 bits per heavy atom. The van der Waals surface area contributed by atoms with E-state index in [2.05, 4.69) is 9.47 Å². The normalized spacial score (nSPS) is 13.1. The Hall–Kier alpha value is -1.76. The van der Waals surface area contributed by atoms with Crippen molar-refractivity contribution in [3.63, 3.8) is 0 Å². The van der Waals surface area contributed by atoms with Crippen LogP contribution in [0.25, 0.3) is 0 Å². The van der Waals surface area contributed by atoms with Crippen LogP contribution in [0.3, 0.4) is 0 Å². The number of carbonyl (C=O) groups is 1. The number of hydrogen-bond donors (Lipinski definition) is 1. The fraction of sp³-hybridized carbons (Fsp3) is 0.417. The Morgan fingerprint density at radius 2 is 2.05 bits per heavy atom. The van der Waals surface area contributed by atoms with Crippen LogP contribution < -0.4 is 5.73 Å². The third-order valence-electron chi connectivity index (χ3n) is 2.36. The minimum Gasteiger partial charge on any atom is -0.463 e. The van der Waals surface area contributed by atoms with Crippen molar-refractivity contribution in [1.29, 1.82) is 0 Å². The highest BCUT2D eigenvalue weighted by atomic mass is 19.4. The third-order valence-corrected chi connectivity index (χ3v) is 2.36. The van der Waals surface area contributed by atoms with E-state index in [1.807, 2.05) is 0 Å². The number of nitrogen functional groups attached to an aromatic ring is 1. The molecule has 0 fully saturated rings. The van der Waals surface area contributed by atoms with Crippen LogP contribution in [0.1, 0.15) is 18.4 Å². The van der Waals surface area contributed by atoms with Crippen molar-refractivity contribution in [2.45, 2.75) is 19.2 Å². The van der Waals surface area contributed by atoms with Crippen molar-refractivity contribution < 1.29 is 27.4 Å². The summed E-state index contributed by atoms with van der Waals surface area (Å²) in [5.41, 5.74) is 6.71. The molecule has 0 bridgehead atoms. The summed E-state index contributed by atoms with van der Waals surface area (Å²) in [5, 5.41) is 0. The van der Waals surface area contributed by atoms with Crippen LogP contribution in [-0.4, -0.2) is 25.5 Å². The van der Waals surface area contributed by atoms with E-state index >= 15 is 0 Å². The fourth-order valence-corrected chi connectivity index (χ4v) is 1.39. The zero-order valence-corrected chi connectivity index (χ0v) is 10.2. The maximum Gasteiger partial charge on any atom is 0.522 e. The molecule has 0 aromatic heterocycles. The summed E-state index contributed by atoms with van der Waals surface area (Å²) in [4.78, 5) is 11.6. The van der Waals surface area contributed by atoms with E-state index in [0.29, 0.717) is 11.3 Å². The molecule has 19 heavy (non-hydrogen) atoms. The molecule has 106 valence electrons. The lowest BCUT2D eigenvalue weighted by atomic mass is 10.0. The fourth-order valence-electron chi connectivity index (χ4n) is 1.39. The van der Waals surface area contributed by atoms with Gasteiger partial charge in [-0.05, 0) is 24.6 Å². The van der Waals surface area contributed by atoms with Gasteiger partial charge < -0.3 is 10.5 Å². The van der Waals surface area contributed by atoms with Gasteiger partial charge in [-0.1, -0.05) is 12.1 Å². The molecule has 0 spiro atoms. The smallest absolute Gasteiger partial charge is 0.463 e. The molecule has 1 unspecified atom stereocenters. The number of hydrogen-bond acceptors (Lipinski definition) is 4. The summed E-state index contributed by atoms with van der Waals surface area (Å²) >= 11 is 0. The first-order chi connectivity index (χ1) is 8.79. The molecule has 0 heterocycles. The zero-order valence-electron chi connectivity index (χ0n) is 10.2. The predicted molar refractivity (Wildman–Crippen MR) is 62.2 cm³/mol. The van der Waals surface area contributed by atoms with Gasteiger partial charge >= 0.3 is 12.3 Å². The Morgan fingerprint density at radius 1 is 1.37 bits per heavy atom. The van der Waals surface area contributed by atoms with E-state index in [1.54, 1.807) is 31.2 Å². The molecule has 1 atom stereocenters. The number of rotatable bonds is 5. The van der Waals surface area contributed by atoms with Crippen LogP contribution in [-0.2, 0) is 14.3 Å². The second-order valence-electron chi connectivity index (χ2n) is 3.85. The standard InChI is InChI=1S/C12H14F3NO3/c1-8(9-3-2-4-10(16)7-9)11(17)18-5-6-19-12(13,14)15/h2-4,7-8H,5-6,16H2,1H3. The third kappa shape index (κ3) is 5.60. The van der Waals surface area contributed by atoms with Crippen LogP contribution >= 0.6 is 0 Å². The summed E-state index contributed by atoms with van der Waals surface area (Å²) in [5.74, 6) is -1.23. The van der Waals surface area contributed by atoms with Crippen molar-refractivity contribution in [3.05, 3.63) is 29.8 Å². The Balaban J connectivity index is 2.41. The van der Waals surface area contributed by atoms with Gasteiger partial charge in [0.1, 0.15) is 6.61 Å². The van der Waals surface area contributed by atoms with Gasteiger partial charge in [-0.25, -0.2) is 0 Å². The summed E-state index contributed by atoms with van der Waals surface area (Å²) in [6.07, 6.45) is -4.72. The van der Waals surface area contributed by atoms with Gasteiger partial charge in [0.05, 0.1) is 12.5 Å². The van der Waals surface area contributed by atoms with Crippen molar-refractivity contribution in [2.24, 2.45) is 0 Å². The molecular weight excluding hydrogens is 263 g/mol. The van der Waals surface area contributed by atoms with Crippen molar-refractivity contribution in [2.75, 3.05) is 18.9 Å². The topological polar surface area (TPSA) is 61.5 Å². The quantitative estimate of drug-likeness (QED) is 0.510. The van der Waals surface area contributed by atoms with Gasteiger partial charge in [-0.15, -0.1) is 13.2 Å². The van der Waals surface area contributed by atoms with Gasteiger partial charge in [0, 0.05) is 5.69 Å². The van der Waals surface area contributed by atoms with E-state index in [0.717, 1.165) is 0 Å². The molecule has 0 saturated carbocycles. The molecule has 0 amide bonds. The number of alkyl halides is 3. The first-order valence-electron chi connectivity index (χ1n) is 5.52. The van der Waals surface area contributed by atoms with E-state index < -0.39 is 31.5 Å². The molecule has 4 nitrogen and oxygen atoms in total. The molecule has 1 aromatic rings. The Bertz CT molecular complexity index is 434. The van der Waals surface area contributed by atoms with Gasteiger partial charge in [0.25, 0.3) is 0 Å². The molecule has 0 radical (unpaired) electrons. The number of anilines is 1. The highest BCUT2D eigenvalue weighted by molar-refractivity contribution is 5.78. The van der Waals surface area contributed by atoms with Gasteiger partial charge in [0.15, 0.2) is 0 Å². The highest BCUT2D eigenvalue weighted by Crippen LogP contribution is 2.19. The SMILES string of the molecule is CC(C(=O)OCCOC(F)(F)F)c1cccc(N)c1. The average molecular weight is 277 g/mol. The van der Waals surface area contributed by atoms with Crippen LogP contribution in [0.5, 0.6) is 0 Å². The lowest BCUT2D eigenvalue weighted by Gasteiger charge is -2.13. The summed E-state index contributed by atoms with van der Waals surface area (Å²) in [6.45, 7) is 0.408. The minimum absolute atomic E-state index is 0.453. The number of ether oxygens (including phenoxy) is 2. The highest BCUT2D eigenvalue weighted by Gasteiger charge is 2.29. The van der Waals surface area contributed by atoms with Crippen molar-refractivity contribution in [1.82, 2.24) is 0 Å². The van der Waals surface area contributed by atoms with E-state index in [1.165, 1.54) is 0 Å². The summed E-state index contributed by atoms with van der Waals surface area (Å²) < 4.78 is 43.2. The van der Waals surface area contributed by atoms with Crippen LogP contribution in [0.4, 0.5) is 18.9 Å². The van der Waals surface area contributed by atoms with Crippen molar-refractivity contribution >= 4 is 11.7 Å². The van der Waals surface area contributed by atoms with Gasteiger partial charge in [-0.2, -0.15) is 0 Å². The van der Waals surface area contributed by atoms with Crippen LogP contribution in [0, 0.1) is 0 Å². The number of carbonyl (C=O) groups excluding carboxylic acids is 1. The zero-order chi connectivity index (χ0) is 14.5. The van der Waals surface area contributed by atoms with Crippen molar-refractivity contribution in [3.8, 4) is 0 Å². The number of esters is 1. The largest absolute Gasteiger partial charge is 0.522 e. The molecule has 0 aliphatic heterocycles. The lowest BCUT2D eigenvalue weighted by Crippen LogP contribution is -2.20. The minimum atomic E-state index is -4.72. The molecule has 0 aliphatic carbocycles. The monoisotopic (exact) mass is 277 g/mol. The molecule has 1 rings (SSSR count). The molecule has 0 aliphatic rings. The van der Waals surface area contributed by atoms with Crippen LogP contribution in [0.2, 0.25) is 0 Å². The summed E-state index contributed by atoms with van der Waals surface area (Å²) in [6, 6.07) is 6.65. The maximum atomic E-state index is 11.7. The molecule has 7 heteroatoms. The Kier molecular flexibility index (Phi) is 5.17. The summed E-state index contributed by atoms with van der Waals surface area (Å²) in [7, 11) is 0. The molecule has 1 aromatic carbocycles. The van der Waals surface area contributed by atoms with Gasteiger partial charge in [-0.3, -0.25) is 9.53 Å². The van der Waals surface area contributed by atoms with E-state index in [4.69, 9.17) is 5.73 Å². The van der Waals surface area contributed by atoms with Gasteiger partial charge in [0.2, 0.25) is 0 Å². The predicted octanol–water partition coefficient (Wildman–Crippen LogP) is 2.45. The maximum absolute atomic E-state index is 11.7. The molecular formula is C12H14F3NO3. The molecule has 2 N–H and O–H groups in total. The first kappa shape index (κ1) is 15.3. The number of nitrogens with two attached hydrogens (primary N) is 1. The Labute approximate surface area is 108 Å².